The van der Waals surface area contributed by atoms with Crippen molar-refractivity contribution < 1.29 is 5.11 Å². The van der Waals surface area contributed by atoms with Gasteiger partial charge in [-0.05, 0) is 45.6 Å². The molecule has 3 rings (SSSR count). The van der Waals surface area contributed by atoms with Crippen LogP contribution in [0.15, 0.2) is 0 Å². The van der Waals surface area contributed by atoms with E-state index in [4.69, 9.17) is 0 Å². The first-order chi connectivity index (χ1) is 8.19. The van der Waals surface area contributed by atoms with Crippen molar-refractivity contribution in [1.29, 1.82) is 0 Å². The van der Waals surface area contributed by atoms with Crippen LogP contribution in [0.4, 0.5) is 0 Å². The van der Waals surface area contributed by atoms with Gasteiger partial charge in [-0.1, -0.05) is 12.8 Å². The highest BCUT2D eigenvalue weighted by Crippen LogP contribution is 2.39. The molecule has 0 aromatic rings. The molecule has 3 unspecified atom stereocenters. The van der Waals surface area contributed by atoms with Crippen LogP contribution in [-0.4, -0.2) is 46.8 Å². The number of β-amino-alcohol motifs (C(OH)–C–C–N with tert-alkyl or cyclic N) is 1. The minimum absolute atomic E-state index is 0.330. The van der Waals surface area contributed by atoms with Crippen molar-refractivity contribution in [2.24, 2.45) is 0 Å². The molecule has 17 heavy (non-hydrogen) atoms. The standard InChI is InChI=1S/C14H26N2O/c1-11-9-14(17,10-16(11)12-6-7-12)13-5-3-2-4-8-15-13/h11-13,15,17H,2-10H2,1H3. The normalized spacial score (nSPS) is 44.8. The second-order valence-corrected chi connectivity index (χ2v) is 6.42. The maximum absolute atomic E-state index is 11.0. The van der Waals surface area contributed by atoms with E-state index in [2.05, 4.69) is 17.1 Å². The van der Waals surface area contributed by atoms with Crippen LogP contribution in [0.3, 0.4) is 0 Å². The van der Waals surface area contributed by atoms with E-state index in [-0.39, 0.29) is 0 Å². The summed E-state index contributed by atoms with van der Waals surface area (Å²) < 4.78 is 0. The van der Waals surface area contributed by atoms with E-state index in [9.17, 15) is 5.11 Å². The van der Waals surface area contributed by atoms with Gasteiger partial charge in [-0.3, -0.25) is 4.90 Å². The number of nitrogens with one attached hydrogen (secondary N) is 1. The Morgan fingerprint density at radius 1 is 1.18 bits per heavy atom. The summed E-state index contributed by atoms with van der Waals surface area (Å²) in [6, 6.07) is 1.68. The fraction of sp³-hybridized carbons (Fsp3) is 1.00. The van der Waals surface area contributed by atoms with Crippen molar-refractivity contribution in [3.8, 4) is 0 Å². The number of hydrogen-bond donors (Lipinski definition) is 2. The van der Waals surface area contributed by atoms with Gasteiger partial charge in [0.25, 0.3) is 0 Å². The molecule has 2 heterocycles. The summed E-state index contributed by atoms with van der Waals surface area (Å²) >= 11 is 0. The fourth-order valence-electron chi connectivity index (χ4n) is 3.80. The van der Waals surface area contributed by atoms with Crippen molar-refractivity contribution in [3.63, 3.8) is 0 Å². The number of likely N-dealkylation sites (tertiary alicyclic amines) is 1. The van der Waals surface area contributed by atoms with Gasteiger partial charge >= 0.3 is 0 Å². The Morgan fingerprint density at radius 3 is 2.76 bits per heavy atom. The van der Waals surface area contributed by atoms with Gasteiger partial charge in [0.1, 0.15) is 0 Å². The highest BCUT2D eigenvalue weighted by molar-refractivity contribution is 5.06. The Morgan fingerprint density at radius 2 is 2.00 bits per heavy atom. The van der Waals surface area contributed by atoms with E-state index in [0.29, 0.717) is 12.1 Å². The molecule has 3 fully saturated rings. The SMILES string of the molecule is CC1CC(O)(C2CCCCCN2)CN1C1CC1. The number of nitrogens with zero attached hydrogens (tertiary/aromatic N) is 1. The van der Waals surface area contributed by atoms with E-state index in [0.717, 1.165) is 32.0 Å². The first-order valence-electron chi connectivity index (χ1n) is 7.40. The molecule has 3 heteroatoms. The summed E-state index contributed by atoms with van der Waals surface area (Å²) in [6.45, 7) is 4.27. The third-order valence-electron chi connectivity index (χ3n) is 4.90. The molecular formula is C14H26N2O. The predicted octanol–water partition coefficient (Wildman–Crippen LogP) is 1.51. The Balaban J connectivity index is 1.68. The van der Waals surface area contributed by atoms with Gasteiger partial charge in [0.2, 0.25) is 0 Å². The average molecular weight is 238 g/mol. The smallest absolute Gasteiger partial charge is 0.0941 e. The zero-order valence-electron chi connectivity index (χ0n) is 11.0. The summed E-state index contributed by atoms with van der Waals surface area (Å²) in [7, 11) is 0. The largest absolute Gasteiger partial charge is 0.387 e. The lowest BCUT2D eigenvalue weighted by Gasteiger charge is -2.33. The molecule has 2 aliphatic heterocycles. The van der Waals surface area contributed by atoms with Crippen molar-refractivity contribution >= 4 is 0 Å². The molecule has 0 aromatic carbocycles. The molecule has 98 valence electrons. The maximum atomic E-state index is 11.0. The first kappa shape index (κ1) is 11.9. The van der Waals surface area contributed by atoms with E-state index in [1.165, 1.54) is 32.1 Å². The van der Waals surface area contributed by atoms with E-state index in [1.807, 2.05) is 0 Å². The van der Waals surface area contributed by atoms with E-state index >= 15 is 0 Å². The summed E-state index contributed by atoms with van der Waals surface area (Å²) in [5.41, 5.74) is -0.466. The molecule has 3 nitrogen and oxygen atoms in total. The van der Waals surface area contributed by atoms with Gasteiger partial charge in [0.15, 0.2) is 0 Å². The molecule has 0 radical (unpaired) electrons. The van der Waals surface area contributed by atoms with Gasteiger partial charge in [-0.15, -0.1) is 0 Å². The fourth-order valence-corrected chi connectivity index (χ4v) is 3.80. The molecule has 0 bridgehead atoms. The predicted molar refractivity (Wildman–Crippen MR) is 69.0 cm³/mol. The third kappa shape index (κ3) is 2.38. The number of rotatable bonds is 2. The van der Waals surface area contributed by atoms with Crippen LogP contribution in [-0.2, 0) is 0 Å². The number of hydrogen-bond acceptors (Lipinski definition) is 3. The highest BCUT2D eigenvalue weighted by atomic mass is 16.3. The molecule has 1 saturated carbocycles. The number of aliphatic hydroxyl groups is 1. The lowest BCUT2D eigenvalue weighted by Crippen LogP contribution is -2.52. The summed E-state index contributed by atoms with van der Waals surface area (Å²) in [6.07, 6.45) is 8.67. The van der Waals surface area contributed by atoms with Gasteiger partial charge in [0, 0.05) is 24.7 Å². The van der Waals surface area contributed by atoms with Crippen molar-refractivity contribution in [1.82, 2.24) is 10.2 Å². The Hall–Kier alpha value is -0.120. The monoisotopic (exact) mass is 238 g/mol. The molecule has 0 amide bonds. The minimum Gasteiger partial charge on any atom is -0.387 e. The Kier molecular flexibility index (Phi) is 3.18. The van der Waals surface area contributed by atoms with Crippen LogP contribution >= 0.6 is 0 Å². The van der Waals surface area contributed by atoms with Gasteiger partial charge < -0.3 is 10.4 Å². The van der Waals surface area contributed by atoms with Crippen LogP contribution in [0.25, 0.3) is 0 Å². The van der Waals surface area contributed by atoms with Crippen LogP contribution < -0.4 is 5.32 Å². The Bertz CT molecular complexity index is 271. The molecule has 1 aliphatic carbocycles. The van der Waals surface area contributed by atoms with Crippen molar-refractivity contribution in [3.05, 3.63) is 0 Å². The van der Waals surface area contributed by atoms with E-state index in [1.54, 1.807) is 0 Å². The maximum Gasteiger partial charge on any atom is 0.0941 e. The molecule has 0 aromatic heterocycles. The van der Waals surface area contributed by atoms with Crippen LogP contribution in [0.2, 0.25) is 0 Å². The lowest BCUT2D eigenvalue weighted by molar-refractivity contribution is 0.00843. The van der Waals surface area contributed by atoms with Crippen LogP contribution in [0.1, 0.15) is 51.9 Å². The highest BCUT2D eigenvalue weighted by Gasteiger charge is 2.49. The second kappa shape index (κ2) is 4.52. The zero-order valence-corrected chi connectivity index (χ0v) is 11.0. The molecule has 3 aliphatic rings. The van der Waals surface area contributed by atoms with Crippen molar-refractivity contribution in [2.45, 2.75) is 75.6 Å². The first-order valence-corrected chi connectivity index (χ1v) is 7.40. The van der Waals surface area contributed by atoms with Crippen LogP contribution in [0.5, 0.6) is 0 Å². The zero-order chi connectivity index (χ0) is 11.9. The van der Waals surface area contributed by atoms with E-state index < -0.39 is 5.60 Å². The second-order valence-electron chi connectivity index (χ2n) is 6.42. The molecule has 3 atom stereocenters. The Labute approximate surface area is 105 Å². The molecular weight excluding hydrogens is 212 g/mol. The van der Waals surface area contributed by atoms with Gasteiger partial charge in [-0.25, -0.2) is 0 Å². The average Bonchev–Trinajstić information content (AvgIpc) is 3.10. The molecule has 0 spiro atoms. The van der Waals surface area contributed by atoms with Gasteiger partial charge in [0.05, 0.1) is 5.60 Å². The quantitative estimate of drug-likeness (QED) is 0.765. The summed E-state index contributed by atoms with van der Waals surface area (Å²) in [5, 5.41) is 14.5. The lowest BCUT2D eigenvalue weighted by atomic mass is 9.88. The summed E-state index contributed by atoms with van der Waals surface area (Å²) in [5.74, 6) is 0. The van der Waals surface area contributed by atoms with Crippen molar-refractivity contribution in [2.75, 3.05) is 13.1 Å². The summed E-state index contributed by atoms with van der Waals surface area (Å²) in [4.78, 5) is 2.55. The molecule has 2 N–H and O–H groups in total. The topological polar surface area (TPSA) is 35.5 Å². The molecule has 2 saturated heterocycles. The van der Waals surface area contributed by atoms with Gasteiger partial charge in [-0.2, -0.15) is 0 Å². The minimum atomic E-state index is -0.466. The third-order valence-corrected chi connectivity index (χ3v) is 4.90. The van der Waals surface area contributed by atoms with Crippen LogP contribution in [0, 0.1) is 0 Å².